The molecular weight excluding hydrogens is 376 g/mol. The fourth-order valence-electron chi connectivity index (χ4n) is 2.25. The first-order valence-electron chi connectivity index (χ1n) is 7.10. The number of hydrazine groups is 1. The van der Waals surface area contributed by atoms with E-state index in [1.54, 1.807) is 24.3 Å². The van der Waals surface area contributed by atoms with Crippen LogP contribution in [0.2, 0.25) is 5.02 Å². The van der Waals surface area contributed by atoms with Gasteiger partial charge < -0.3 is 0 Å². The Kier molecular flexibility index (Phi) is 6.02. The second kappa shape index (κ2) is 7.64. The highest BCUT2D eigenvalue weighted by Gasteiger charge is 2.29. The summed E-state index contributed by atoms with van der Waals surface area (Å²) in [6, 6.07) is 6.54. The molecule has 1 heterocycles. The third-order valence-electron chi connectivity index (χ3n) is 3.44. The molecule has 0 aliphatic carbocycles. The third-order valence-corrected chi connectivity index (χ3v) is 6.41. The molecule has 0 saturated carbocycles. The van der Waals surface area contributed by atoms with E-state index in [1.807, 2.05) is 4.83 Å². The Hall–Kier alpha value is -1.42. The van der Waals surface area contributed by atoms with Crippen molar-refractivity contribution >= 4 is 43.4 Å². The Morgan fingerprint density at radius 2 is 1.96 bits per heavy atom. The molecule has 2 rings (SSSR count). The van der Waals surface area contributed by atoms with Crippen LogP contribution in [-0.4, -0.2) is 34.2 Å². The first-order valence-corrected chi connectivity index (χ1v) is 10.8. The molecule has 132 valence electrons. The van der Waals surface area contributed by atoms with Crippen molar-refractivity contribution < 1.29 is 21.6 Å². The lowest BCUT2D eigenvalue weighted by atomic mass is 10.1. The predicted octanol–water partition coefficient (Wildman–Crippen LogP) is 1.09. The number of sulfone groups is 1. The van der Waals surface area contributed by atoms with Crippen LogP contribution in [0.5, 0.6) is 0 Å². The van der Waals surface area contributed by atoms with Crippen molar-refractivity contribution in [2.45, 2.75) is 12.8 Å². The van der Waals surface area contributed by atoms with Crippen molar-refractivity contribution in [1.29, 1.82) is 0 Å². The quantitative estimate of drug-likeness (QED) is 0.704. The second-order valence-electron chi connectivity index (χ2n) is 5.52. The molecule has 2 N–H and O–H groups in total. The normalized spacial score (nSPS) is 20.3. The number of carbonyl (C=O) groups is 1. The molecule has 1 aliphatic heterocycles. The molecule has 1 fully saturated rings. The van der Waals surface area contributed by atoms with Gasteiger partial charge in [-0.2, -0.15) is 0 Å². The summed E-state index contributed by atoms with van der Waals surface area (Å²) >= 11 is 5.73. The molecule has 0 spiro atoms. The number of hydrogen-bond donors (Lipinski definition) is 2. The fourth-order valence-corrected chi connectivity index (χ4v) is 4.90. The standard InChI is InChI=1S/C14H17ClN2O5S2/c15-13-3-1-11(2-4-13)6-8-24(21,22)17-16-14(18)9-12-5-7-23(19,20)10-12/h1-4,6,8,12,17H,5,7,9-10H2,(H,16,18)/b8-6+/t12-/m0/s1. The van der Waals surface area contributed by atoms with Gasteiger partial charge in [-0.1, -0.05) is 23.7 Å². The Bertz CT molecular complexity index is 832. The molecule has 1 aliphatic rings. The highest BCUT2D eigenvalue weighted by atomic mass is 35.5. The zero-order valence-electron chi connectivity index (χ0n) is 12.6. The summed E-state index contributed by atoms with van der Waals surface area (Å²) in [7, 11) is -6.92. The lowest BCUT2D eigenvalue weighted by Gasteiger charge is -2.08. The van der Waals surface area contributed by atoms with Crippen LogP contribution < -0.4 is 10.3 Å². The van der Waals surface area contributed by atoms with Crippen molar-refractivity contribution in [1.82, 2.24) is 10.3 Å². The van der Waals surface area contributed by atoms with Gasteiger partial charge in [-0.05, 0) is 36.1 Å². The van der Waals surface area contributed by atoms with E-state index in [1.165, 1.54) is 6.08 Å². The molecule has 1 amide bonds. The van der Waals surface area contributed by atoms with E-state index in [9.17, 15) is 21.6 Å². The van der Waals surface area contributed by atoms with Gasteiger partial charge in [0.25, 0.3) is 10.0 Å². The first-order chi connectivity index (χ1) is 11.2. The molecule has 0 aromatic heterocycles. The van der Waals surface area contributed by atoms with Crippen LogP contribution in [0.1, 0.15) is 18.4 Å². The summed E-state index contributed by atoms with van der Waals surface area (Å²) in [6.45, 7) is 0. The Morgan fingerprint density at radius 1 is 1.29 bits per heavy atom. The zero-order valence-corrected chi connectivity index (χ0v) is 15.0. The lowest BCUT2D eigenvalue weighted by molar-refractivity contribution is -0.122. The maximum absolute atomic E-state index is 11.8. The molecule has 1 aromatic carbocycles. The van der Waals surface area contributed by atoms with E-state index in [0.29, 0.717) is 17.0 Å². The van der Waals surface area contributed by atoms with Gasteiger partial charge in [0.1, 0.15) is 0 Å². The van der Waals surface area contributed by atoms with Crippen LogP contribution in [0, 0.1) is 5.92 Å². The summed E-state index contributed by atoms with van der Waals surface area (Å²) in [5.74, 6) is -0.811. The number of rotatable bonds is 6. The third kappa shape index (κ3) is 6.23. The first kappa shape index (κ1) is 18.9. The SMILES string of the molecule is O=C(C[C@@H]1CCS(=O)(=O)C1)NNS(=O)(=O)/C=C/c1ccc(Cl)cc1. The highest BCUT2D eigenvalue weighted by Crippen LogP contribution is 2.21. The van der Waals surface area contributed by atoms with E-state index in [0.717, 1.165) is 5.41 Å². The molecule has 1 atom stereocenters. The summed E-state index contributed by atoms with van der Waals surface area (Å²) in [4.78, 5) is 13.6. The van der Waals surface area contributed by atoms with Crippen molar-refractivity contribution in [2.75, 3.05) is 11.5 Å². The number of hydrogen-bond acceptors (Lipinski definition) is 5. The number of halogens is 1. The molecule has 10 heteroatoms. The van der Waals surface area contributed by atoms with Gasteiger partial charge in [-0.25, -0.2) is 16.8 Å². The molecule has 0 radical (unpaired) electrons. The highest BCUT2D eigenvalue weighted by molar-refractivity contribution is 7.92. The van der Waals surface area contributed by atoms with Crippen LogP contribution in [0.25, 0.3) is 6.08 Å². The van der Waals surface area contributed by atoms with Crippen molar-refractivity contribution in [2.24, 2.45) is 5.92 Å². The minimum absolute atomic E-state index is 0.0381. The number of carbonyl (C=O) groups excluding carboxylic acids is 1. The minimum Gasteiger partial charge on any atom is -0.278 e. The van der Waals surface area contributed by atoms with Crippen molar-refractivity contribution in [3.05, 3.63) is 40.3 Å². The van der Waals surface area contributed by atoms with Gasteiger partial charge in [0.2, 0.25) is 5.91 Å². The molecular formula is C14H17ClN2O5S2. The predicted molar refractivity (Wildman–Crippen MR) is 92.1 cm³/mol. The van der Waals surface area contributed by atoms with E-state index in [4.69, 9.17) is 11.6 Å². The average molecular weight is 393 g/mol. The van der Waals surface area contributed by atoms with Gasteiger partial charge in [0, 0.05) is 16.9 Å². The smallest absolute Gasteiger partial charge is 0.250 e. The van der Waals surface area contributed by atoms with E-state index in [-0.39, 0.29) is 23.8 Å². The summed E-state index contributed by atoms with van der Waals surface area (Å²) in [5, 5.41) is 1.45. The number of sulfonamides is 1. The van der Waals surface area contributed by atoms with Crippen LogP contribution in [0.4, 0.5) is 0 Å². The van der Waals surface area contributed by atoms with Crippen LogP contribution in [-0.2, 0) is 24.7 Å². The summed E-state index contributed by atoms with van der Waals surface area (Å²) in [6.07, 6.45) is 1.73. The van der Waals surface area contributed by atoms with Gasteiger partial charge >= 0.3 is 0 Å². The van der Waals surface area contributed by atoms with Crippen LogP contribution in [0.15, 0.2) is 29.7 Å². The molecule has 0 bridgehead atoms. The van der Waals surface area contributed by atoms with Gasteiger partial charge in [-0.3, -0.25) is 10.2 Å². The Labute approximate surface area is 146 Å². The second-order valence-corrected chi connectivity index (χ2v) is 9.75. The van der Waals surface area contributed by atoms with Gasteiger partial charge in [0.05, 0.1) is 11.5 Å². The molecule has 24 heavy (non-hydrogen) atoms. The topological polar surface area (TPSA) is 109 Å². The molecule has 1 aromatic rings. The fraction of sp³-hybridized carbons (Fsp3) is 0.357. The number of benzene rings is 1. The van der Waals surface area contributed by atoms with Gasteiger partial charge in [0.15, 0.2) is 9.84 Å². The molecule has 0 unspecified atom stereocenters. The lowest BCUT2D eigenvalue weighted by Crippen LogP contribution is -2.41. The van der Waals surface area contributed by atoms with Crippen molar-refractivity contribution in [3.63, 3.8) is 0 Å². The number of nitrogens with one attached hydrogen (secondary N) is 2. The van der Waals surface area contributed by atoms with Crippen molar-refractivity contribution in [3.8, 4) is 0 Å². The average Bonchev–Trinajstić information content (AvgIpc) is 2.84. The maximum Gasteiger partial charge on any atom is 0.250 e. The molecule has 1 saturated heterocycles. The summed E-state index contributed by atoms with van der Waals surface area (Å²) < 4.78 is 46.2. The van der Waals surface area contributed by atoms with E-state index >= 15 is 0 Å². The maximum atomic E-state index is 11.8. The summed E-state index contributed by atoms with van der Waals surface area (Å²) in [5.41, 5.74) is 2.71. The Morgan fingerprint density at radius 3 is 2.54 bits per heavy atom. The van der Waals surface area contributed by atoms with Crippen LogP contribution >= 0.6 is 11.6 Å². The Balaban J connectivity index is 1.83. The minimum atomic E-state index is -3.86. The molecule has 7 nitrogen and oxygen atoms in total. The number of amides is 1. The van der Waals surface area contributed by atoms with Crippen LogP contribution in [0.3, 0.4) is 0 Å². The zero-order chi connectivity index (χ0) is 17.8. The monoisotopic (exact) mass is 392 g/mol. The van der Waals surface area contributed by atoms with Gasteiger partial charge in [-0.15, -0.1) is 4.83 Å². The largest absolute Gasteiger partial charge is 0.278 e. The van der Waals surface area contributed by atoms with E-state index < -0.39 is 25.8 Å². The van der Waals surface area contributed by atoms with E-state index in [2.05, 4.69) is 5.43 Å².